The Morgan fingerprint density at radius 1 is 1.12 bits per heavy atom. The third-order valence-electron chi connectivity index (χ3n) is 4.45. The molecule has 142 valence electrons. The summed E-state index contributed by atoms with van der Waals surface area (Å²) < 4.78 is 0. The van der Waals surface area contributed by atoms with Crippen molar-refractivity contribution in [3.05, 3.63) is 30.1 Å². The van der Waals surface area contributed by atoms with E-state index in [-0.39, 0.29) is 11.9 Å². The van der Waals surface area contributed by atoms with Crippen LogP contribution in [0.25, 0.3) is 0 Å². The van der Waals surface area contributed by atoms with Crippen molar-refractivity contribution in [1.29, 1.82) is 0 Å². The van der Waals surface area contributed by atoms with Crippen LogP contribution in [0.15, 0.2) is 24.5 Å². The van der Waals surface area contributed by atoms with E-state index in [1.165, 1.54) is 0 Å². The number of nitrogens with two attached hydrogens (primary N) is 1. The molecule has 10 heteroatoms. The van der Waals surface area contributed by atoms with E-state index in [2.05, 4.69) is 4.98 Å². The molecule has 1 saturated carbocycles. The predicted molar refractivity (Wildman–Crippen MR) is 87.0 cm³/mol. The number of aliphatic hydroxyl groups is 2. The van der Waals surface area contributed by atoms with Crippen LogP contribution in [0.2, 0.25) is 0 Å². The third-order valence-corrected chi connectivity index (χ3v) is 4.45. The van der Waals surface area contributed by atoms with Gasteiger partial charge in [0.15, 0.2) is 12.2 Å². The van der Waals surface area contributed by atoms with Crippen molar-refractivity contribution >= 4 is 17.8 Å². The molecular formula is C16H21N3O7. The summed E-state index contributed by atoms with van der Waals surface area (Å²) >= 11 is 0. The second kappa shape index (κ2) is 8.21. The van der Waals surface area contributed by atoms with E-state index in [4.69, 9.17) is 26.2 Å². The number of nitrogens with zero attached hydrogens (tertiary/aromatic N) is 2. The number of fused-ring (bicyclic) bond motifs is 1. The average Bonchev–Trinajstić information content (AvgIpc) is 3.31. The lowest BCUT2D eigenvalue weighted by Gasteiger charge is -2.26. The van der Waals surface area contributed by atoms with E-state index in [1.807, 2.05) is 4.90 Å². The van der Waals surface area contributed by atoms with Crippen LogP contribution >= 0.6 is 0 Å². The molecule has 2 fully saturated rings. The number of carboxylic acid groups (broad SMARTS) is 2. The minimum absolute atomic E-state index is 0.114. The lowest BCUT2D eigenvalue weighted by molar-refractivity contribution is -0.165. The molecule has 26 heavy (non-hydrogen) atoms. The van der Waals surface area contributed by atoms with E-state index >= 15 is 0 Å². The fourth-order valence-corrected chi connectivity index (χ4v) is 3.00. The van der Waals surface area contributed by atoms with E-state index in [0.29, 0.717) is 18.5 Å². The van der Waals surface area contributed by atoms with Crippen molar-refractivity contribution in [3.63, 3.8) is 0 Å². The highest BCUT2D eigenvalue weighted by atomic mass is 16.4. The summed E-state index contributed by atoms with van der Waals surface area (Å²) in [5.41, 5.74) is 6.44. The van der Waals surface area contributed by atoms with Crippen LogP contribution in [0, 0.1) is 5.92 Å². The number of aliphatic carboxylic acids is 2. The molecule has 1 aromatic heterocycles. The number of aromatic nitrogens is 1. The SMILES string of the molecule is NCC1CC2CC2N1C(=O)c1ccncc1.O=C(O)C(O)C(O)C(=O)O. The Kier molecular flexibility index (Phi) is 6.24. The first-order chi connectivity index (χ1) is 12.3. The molecule has 1 aliphatic carbocycles. The first-order valence-corrected chi connectivity index (χ1v) is 8.02. The Labute approximate surface area is 148 Å². The number of likely N-dealkylation sites (tertiary alicyclic amines) is 1. The summed E-state index contributed by atoms with van der Waals surface area (Å²) in [5, 5.41) is 32.5. The standard InChI is InChI=1S/C12H15N3O.C4H6O6/c13-7-10-5-9-6-11(9)15(10)12(16)8-1-3-14-4-2-8;5-1(3(7)8)2(6)4(9)10/h1-4,9-11H,5-7,13H2;1-2,5-6H,(H,7,8)(H,9,10). The van der Waals surface area contributed by atoms with Gasteiger partial charge in [-0.1, -0.05) is 0 Å². The first-order valence-electron chi connectivity index (χ1n) is 8.02. The molecule has 5 unspecified atom stereocenters. The van der Waals surface area contributed by atoms with Gasteiger partial charge in [0, 0.05) is 36.6 Å². The van der Waals surface area contributed by atoms with E-state index < -0.39 is 24.1 Å². The number of amides is 1. The Balaban J connectivity index is 0.000000213. The monoisotopic (exact) mass is 367 g/mol. The number of rotatable bonds is 5. The van der Waals surface area contributed by atoms with Gasteiger partial charge in [-0.2, -0.15) is 0 Å². The zero-order valence-corrected chi connectivity index (χ0v) is 13.8. The smallest absolute Gasteiger partial charge is 0.335 e. The van der Waals surface area contributed by atoms with Crippen LogP contribution in [-0.2, 0) is 9.59 Å². The Morgan fingerprint density at radius 3 is 2.12 bits per heavy atom. The molecule has 1 amide bonds. The Hall–Kier alpha value is -2.56. The molecule has 3 rings (SSSR count). The van der Waals surface area contributed by atoms with E-state index in [9.17, 15) is 14.4 Å². The van der Waals surface area contributed by atoms with Gasteiger partial charge in [0.2, 0.25) is 0 Å². The Morgan fingerprint density at radius 2 is 1.65 bits per heavy atom. The zero-order valence-electron chi connectivity index (χ0n) is 13.8. The predicted octanol–water partition coefficient (Wildman–Crippen LogP) is -1.48. The molecule has 0 bridgehead atoms. The first kappa shape index (κ1) is 19.8. The van der Waals surface area contributed by atoms with Gasteiger partial charge in [-0.25, -0.2) is 9.59 Å². The molecule has 1 saturated heterocycles. The maximum atomic E-state index is 12.3. The quantitative estimate of drug-likeness (QED) is 0.415. The number of piperidine rings is 1. The number of carbonyl (C=O) groups is 3. The van der Waals surface area contributed by atoms with Gasteiger partial charge >= 0.3 is 11.9 Å². The lowest BCUT2D eigenvalue weighted by Crippen LogP contribution is -2.42. The van der Waals surface area contributed by atoms with Gasteiger partial charge in [-0.05, 0) is 30.9 Å². The van der Waals surface area contributed by atoms with Gasteiger partial charge in [0.1, 0.15) is 0 Å². The van der Waals surface area contributed by atoms with Crippen LogP contribution in [-0.4, -0.2) is 79.0 Å². The fraction of sp³-hybridized carbons (Fsp3) is 0.500. The molecule has 0 radical (unpaired) electrons. The second-order valence-corrected chi connectivity index (χ2v) is 6.20. The number of carbonyl (C=O) groups excluding carboxylic acids is 1. The van der Waals surface area contributed by atoms with E-state index in [0.717, 1.165) is 18.4 Å². The van der Waals surface area contributed by atoms with Crippen LogP contribution in [0.5, 0.6) is 0 Å². The van der Waals surface area contributed by atoms with Crippen LogP contribution < -0.4 is 5.73 Å². The van der Waals surface area contributed by atoms with Crippen molar-refractivity contribution < 1.29 is 34.8 Å². The van der Waals surface area contributed by atoms with Crippen molar-refractivity contribution in [2.45, 2.75) is 37.1 Å². The number of hydrogen-bond acceptors (Lipinski definition) is 7. The van der Waals surface area contributed by atoms with E-state index in [1.54, 1.807) is 24.5 Å². The summed E-state index contributed by atoms with van der Waals surface area (Å²) in [4.78, 5) is 37.8. The van der Waals surface area contributed by atoms with Gasteiger partial charge in [-0.15, -0.1) is 0 Å². The second-order valence-electron chi connectivity index (χ2n) is 6.20. The van der Waals surface area contributed by atoms with Gasteiger partial charge < -0.3 is 31.1 Å². The lowest BCUT2D eigenvalue weighted by atomic mass is 10.1. The molecule has 2 aliphatic rings. The molecule has 6 N–H and O–H groups in total. The molecule has 2 heterocycles. The fourth-order valence-electron chi connectivity index (χ4n) is 3.00. The topological polar surface area (TPSA) is 174 Å². The van der Waals surface area contributed by atoms with Crippen molar-refractivity contribution in [2.24, 2.45) is 11.7 Å². The molecule has 5 atom stereocenters. The highest BCUT2D eigenvalue weighted by Gasteiger charge is 2.53. The maximum absolute atomic E-state index is 12.3. The summed E-state index contributed by atoms with van der Waals surface area (Å²) in [6.07, 6.45) is 1.02. The van der Waals surface area contributed by atoms with Crippen molar-refractivity contribution in [1.82, 2.24) is 9.88 Å². The highest BCUT2D eigenvalue weighted by Crippen LogP contribution is 2.47. The minimum atomic E-state index is -2.27. The zero-order chi connectivity index (χ0) is 19.4. The third kappa shape index (κ3) is 4.34. The number of carboxylic acids is 2. The van der Waals surface area contributed by atoms with Crippen LogP contribution in [0.4, 0.5) is 0 Å². The highest BCUT2D eigenvalue weighted by molar-refractivity contribution is 5.95. The van der Waals surface area contributed by atoms with Gasteiger partial charge in [0.05, 0.1) is 0 Å². The minimum Gasteiger partial charge on any atom is -0.479 e. The molecular weight excluding hydrogens is 346 g/mol. The van der Waals surface area contributed by atoms with Gasteiger partial charge in [0.25, 0.3) is 5.91 Å². The summed E-state index contributed by atoms with van der Waals surface area (Å²) in [6, 6.07) is 4.23. The molecule has 1 aromatic rings. The number of hydrogen-bond donors (Lipinski definition) is 5. The maximum Gasteiger partial charge on any atom is 0.335 e. The average molecular weight is 367 g/mol. The summed E-state index contributed by atoms with van der Waals surface area (Å²) in [6.45, 7) is 0.573. The largest absolute Gasteiger partial charge is 0.479 e. The van der Waals surface area contributed by atoms with Gasteiger partial charge in [-0.3, -0.25) is 9.78 Å². The molecule has 0 spiro atoms. The number of aliphatic hydroxyl groups excluding tert-OH is 2. The summed E-state index contributed by atoms with van der Waals surface area (Å²) in [5.74, 6) is -2.72. The number of pyridine rings is 1. The normalized spacial score (nSPS) is 25.3. The summed E-state index contributed by atoms with van der Waals surface area (Å²) in [7, 11) is 0. The Bertz CT molecular complexity index is 651. The molecule has 0 aromatic carbocycles. The van der Waals surface area contributed by atoms with Crippen LogP contribution in [0.1, 0.15) is 23.2 Å². The molecule has 10 nitrogen and oxygen atoms in total. The van der Waals surface area contributed by atoms with Crippen molar-refractivity contribution in [3.8, 4) is 0 Å². The van der Waals surface area contributed by atoms with Crippen molar-refractivity contribution in [2.75, 3.05) is 6.54 Å². The molecule has 1 aliphatic heterocycles. The van der Waals surface area contributed by atoms with Crippen LogP contribution in [0.3, 0.4) is 0 Å².